The fourth-order valence-electron chi connectivity index (χ4n) is 2.31. The van der Waals surface area contributed by atoms with Gasteiger partial charge < -0.3 is 10.6 Å². The number of thioether (sulfide) groups is 1. The van der Waals surface area contributed by atoms with Gasteiger partial charge in [0.15, 0.2) is 0 Å². The van der Waals surface area contributed by atoms with Crippen LogP contribution in [0.15, 0.2) is 53.4 Å². The maximum Gasteiger partial charge on any atom is 0.233 e. The van der Waals surface area contributed by atoms with Gasteiger partial charge in [0.25, 0.3) is 0 Å². The van der Waals surface area contributed by atoms with Crippen molar-refractivity contribution >= 4 is 23.4 Å². The van der Waals surface area contributed by atoms with Crippen molar-refractivity contribution < 1.29 is 4.79 Å². The molecule has 102 valence electrons. The van der Waals surface area contributed by atoms with Crippen LogP contribution in [0.1, 0.15) is 11.1 Å². The largest absolute Gasteiger partial charge is 0.399 e. The van der Waals surface area contributed by atoms with Crippen molar-refractivity contribution in [1.82, 2.24) is 4.90 Å². The Hall–Kier alpha value is -1.94. The second kappa shape index (κ2) is 5.59. The molecular weight excluding hydrogens is 268 g/mol. The van der Waals surface area contributed by atoms with Gasteiger partial charge in [-0.15, -0.1) is 11.8 Å². The first-order valence-corrected chi connectivity index (χ1v) is 7.54. The molecule has 1 amide bonds. The molecule has 0 saturated carbocycles. The summed E-state index contributed by atoms with van der Waals surface area (Å²) in [6.07, 6.45) is 0. The Morgan fingerprint density at radius 2 is 1.65 bits per heavy atom. The summed E-state index contributed by atoms with van der Waals surface area (Å²) in [6.45, 7) is 1.47. The minimum atomic E-state index is 0.183. The van der Waals surface area contributed by atoms with Gasteiger partial charge in [0, 0.05) is 23.7 Å². The molecule has 0 bridgehead atoms. The van der Waals surface area contributed by atoms with Crippen molar-refractivity contribution in [3.05, 3.63) is 59.7 Å². The summed E-state index contributed by atoms with van der Waals surface area (Å²) in [7, 11) is 0. The van der Waals surface area contributed by atoms with Crippen LogP contribution in [-0.4, -0.2) is 16.6 Å². The molecule has 0 radical (unpaired) electrons. The van der Waals surface area contributed by atoms with Crippen LogP contribution in [0.25, 0.3) is 0 Å². The molecule has 1 aliphatic rings. The lowest BCUT2D eigenvalue weighted by molar-refractivity contribution is -0.128. The molecule has 0 saturated heterocycles. The highest BCUT2D eigenvalue weighted by Crippen LogP contribution is 2.25. The van der Waals surface area contributed by atoms with E-state index in [1.54, 1.807) is 11.8 Å². The van der Waals surface area contributed by atoms with Gasteiger partial charge in [0.1, 0.15) is 0 Å². The van der Waals surface area contributed by atoms with Crippen LogP contribution < -0.4 is 5.73 Å². The summed E-state index contributed by atoms with van der Waals surface area (Å²) in [5, 5.41) is 0. The average molecular weight is 284 g/mol. The van der Waals surface area contributed by atoms with Crippen LogP contribution in [0, 0.1) is 0 Å². The number of nitrogens with two attached hydrogens (primary N) is 1. The number of carbonyl (C=O) groups is 1. The quantitative estimate of drug-likeness (QED) is 0.696. The molecule has 0 aliphatic carbocycles. The molecule has 0 aromatic heterocycles. The van der Waals surface area contributed by atoms with Crippen LogP contribution >= 0.6 is 11.8 Å². The molecule has 0 unspecified atom stereocenters. The highest BCUT2D eigenvalue weighted by Gasteiger charge is 2.22. The molecule has 3 nitrogen and oxygen atoms in total. The topological polar surface area (TPSA) is 46.3 Å². The number of fused-ring (bicyclic) bond motifs is 1. The van der Waals surface area contributed by atoms with Gasteiger partial charge in [-0.25, -0.2) is 0 Å². The van der Waals surface area contributed by atoms with Crippen molar-refractivity contribution in [2.45, 2.75) is 18.0 Å². The fraction of sp³-hybridized carbons (Fsp3) is 0.188. The number of hydrogen-bond donors (Lipinski definition) is 1. The molecule has 3 rings (SSSR count). The summed E-state index contributed by atoms with van der Waals surface area (Å²) in [5.41, 5.74) is 8.92. The first-order chi connectivity index (χ1) is 9.72. The third kappa shape index (κ3) is 2.80. The minimum absolute atomic E-state index is 0.183. The number of amides is 1. The molecule has 4 heteroatoms. The molecule has 0 atom stereocenters. The summed E-state index contributed by atoms with van der Waals surface area (Å²) in [5.74, 6) is 0.654. The van der Waals surface area contributed by atoms with Crippen molar-refractivity contribution in [2.24, 2.45) is 0 Å². The Kier molecular flexibility index (Phi) is 3.65. The summed E-state index contributed by atoms with van der Waals surface area (Å²) in [4.78, 5) is 15.2. The van der Waals surface area contributed by atoms with Crippen LogP contribution in [0.5, 0.6) is 0 Å². The third-order valence-corrected chi connectivity index (χ3v) is 4.43. The van der Waals surface area contributed by atoms with E-state index in [1.807, 2.05) is 41.3 Å². The highest BCUT2D eigenvalue weighted by molar-refractivity contribution is 8.00. The predicted octanol–water partition coefficient (Wildman–Crippen LogP) is 2.90. The first-order valence-electron chi connectivity index (χ1n) is 6.55. The van der Waals surface area contributed by atoms with E-state index < -0.39 is 0 Å². The van der Waals surface area contributed by atoms with Crippen LogP contribution in [-0.2, 0) is 17.9 Å². The molecule has 2 aromatic carbocycles. The van der Waals surface area contributed by atoms with E-state index in [9.17, 15) is 4.79 Å². The molecule has 1 aliphatic heterocycles. The Labute approximate surface area is 122 Å². The normalized spacial score (nSPS) is 13.3. The highest BCUT2D eigenvalue weighted by atomic mass is 32.2. The van der Waals surface area contributed by atoms with Crippen molar-refractivity contribution in [3.8, 4) is 0 Å². The second-order valence-corrected chi connectivity index (χ2v) is 5.92. The lowest BCUT2D eigenvalue weighted by Crippen LogP contribution is -2.26. The maximum absolute atomic E-state index is 12.2. The van der Waals surface area contributed by atoms with Gasteiger partial charge in [0.2, 0.25) is 5.91 Å². The maximum atomic E-state index is 12.2. The van der Waals surface area contributed by atoms with Crippen LogP contribution in [0.4, 0.5) is 5.69 Å². The molecule has 2 N–H and O–H groups in total. The van der Waals surface area contributed by atoms with Gasteiger partial charge in [-0.1, -0.05) is 24.3 Å². The van der Waals surface area contributed by atoms with Gasteiger partial charge in [-0.2, -0.15) is 0 Å². The van der Waals surface area contributed by atoms with Crippen LogP contribution in [0.2, 0.25) is 0 Å². The summed E-state index contributed by atoms with van der Waals surface area (Å²) >= 11 is 1.56. The first kappa shape index (κ1) is 13.1. The Bertz CT molecular complexity index is 600. The molecule has 2 aromatic rings. The average Bonchev–Trinajstić information content (AvgIpc) is 2.90. The third-order valence-electron chi connectivity index (χ3n) is 3.44. The Morgan fingerprint density at radius 1 is 1.05 bits per heavy atom. The molecular formula is C16H16N2OS. The number of rotatable bonds is 3. The fourth-order valence-corrected chi connectivity index (χ4v) is 3.11. The van der Waals surface area contributed by atoms with Crippen molar-refractivity contribution in [3.63, 3.8) is 0 Å². The van der Waals surface area contributed by atoms with E-state index in [-0.39, 0.29) is 5.91 Å². The SMILES string of the molecule is Nc1ccc(SCC(=O)N2Cc3ccccc3C2)cc1. The van der Waals surface area contributed by atoms with Crippen molar-refractivity contribution in [2.75, 3.05) is 11.5 Å². The predicted molar refractivity (Wildman–Crippen MR) is 82.3 cm³/mol. The van der Waals surface area contributed by atoms with E-state index in [1.165, 1.54) is 11.1 Å². The lowest BCUT2D eigenvalue weighted by atomic mass is 10.1. The standard InChI is InChI=1S/C16H16N2OS/c17-14-5-7-15(8-6-14)20-11-16(19)18-9-12-3-1-2-4-13(12)10-18/h1-8H,9-11,17H2. The smallest absolute Gasteiger partial charge is 0.233 e. The van der Waals surface area contributed by atoms with Crippen molar-refractivity contribution in [1.29, 1.82) is 0 Å². The summed E-state index contributed by atoms with van der Waals surface area (Å²) in [6, 6.07) is 15.9. The number of benzene rings is 2. The molecule has 0 spiro atoms. The van der Waals surface area contributed by atoms with E-state index >= 15 is 0 Å². The van der Waals surface area contributed by atoms with E-state index in [2.05, 4.69) is 12.1 Å². The Morgan fingerprint density at radius 3 is 2.25 bits per heavy atom. The Balaban J connectivity index is 1.57. The van der Waals surface area contributed by atoms with Gasteiger partial charge >= 0.3 is 0 Å². The van der Waals surface area contributed by atoms with Gasteiger partial charge in [-0.3, -0.25) is 4.79 Å². The number of nitrogens with zero attached hydrogens (tertiary/aromatic N) is 1. The molecule has 0 fully saturated rings. The number of carbonyl (C=O) groups excluding carboxylic acids is 1. The second-order valence-electron chi connectivity index (χ2n) is 4.88. The number of anilines is 1. The lowest BCUT2D eigenvalue weighted by Gasteiger charge is -2.15. The zero-order valence-corrected chi connectivity index (χ0v) is 11.9. The zero-order chi connectivity index (χ0) is 13.9. The molecule has 1 heterocycles. The molecule has 20 heavy (non-hydrogen) atoms. The minimum Gasteiger partial charge on any atom is -0.399 e. The summed E-state index contributed by atoms with van der Waals surface area (Å²) < 4.78 is 0. The van der Waals surface area contributed by atoms with E-state index in [0.717, 1.165) is 23.7 Å². The van der Waals surface area contributed by atoms with E-state index in [0.29, 0.717) is 5.75 Å². The van der Waals surface area contributed by atoms with E-state index in [4.69, 9.17) is 5.73 Å². The monoisotopic (exact) mass is 284 g/mol. The number of hydrogen-bond acceptors (Lipinski definition) is 3. The number of nitrogen functional groups attached to an aromatic ring is 1. The van der Waals surface area contributed by atoms with Crippen LogP contribution in [0.3, 0.4) is 0 Å². The zero-order valence-electron chi connectivity index (χ0n) is 11.1. The van der Waals surface area contributed by atoms with Gasteiger partial charge in [0.05, 0.1) is 5.75 Å². The van der Waals surface area contributed by atoms with Gasteiger partial charge in [-0.05, 0) is 35.4 Å².